The van der Waals surface area contributed by atoms with Crippen molar-refractivity contribution in [2.75, 3.05) is 7.11 Å². The van der Waals surface area contributed by atoms with Crippen molar-refractivity contribution in [2.45, 2.75) is 12.6 Å². The first-order valence-electron chi connectivity index (χ1n) is 10.1. The van der Waals surface area contributed by atoms with Crippen LogP contribution in [-0.4, -0.2) is 27.6 Å². The number of benzene rings is 3. The van der Waals surface area contributed by atoms with Gasteiger partial charge in [-0.3, -0.25) is 4.79 Å². The number of hydrogen-bond acceptors (Lipinski definition) is 3. The van der Waals surface area contributed by atoms with Crippen LogP contribution in [0.25, 0.3) is 21.9 Å². The van der Waals surface area contributed by atoms with Gasteiger partial charge < -0.3 is 19.6 Å². The van der Waals surface area contributed by atoms with Gasteiger partial charge in [-0.15, -0.1) is 0 Å². The van der Waals surface area contributed by atoms with Crippen LogP contribution < -0.4 is 10.1 Å². The molecule has 154 valence electrons. The number of carbonyl (C=O) groups excluding carboxylic acids is 1. The third-order valence-electron chi connectivity index (χ3n) is 5.51. The van der Waals surface area contributed by atoms with E-state index in [2.05, 4.69) is 15.3 Å². The molecule has 0 fully saturated rings. The first-order chi connectivity index (χ1) is 15.2. The Morgan fingerprint density at radius 1 is 1.06 bits per heavy atom. The molecule has 2 aromatic heterocycles. The van der Waals surface area contributed by atoms with E-state index in [0.717, 1.165) is 38.8 Å². The van der Waals surface area contributed by atoms with Crippen LogP contribution in [0.3, 0.4) is 0 Å². The molecule has 0 aliphatic carbocycles. The van der Waals surface area contributed by atoms with Gasteiger partial charge in [0.25, 0.3) is 0 Å². The van der Waals surface area contributed by atoms with E-state index in [1.54, 1.807) is 13.4 Å². The van der Waals surface area contributed by atoms with E-state index in [1.807, 2.05) is 83.6 Å². The molecule has 0 aliphatic rings. The van der Waals surface area contributed by atoms with Gasteiger partial charge in [-0.2, -0.15) is 0 Å². The van der Waals surface area contributed by atoms with Crippen molar-refractivity contribution in [1.82, 2.24) is 19.9 Å². The quantitative estimate of drug-likeness (QED) is 0.435. The molecule has 2 heterocycles. The number of H-pyrrole nitrogens is 1. The van der Waals surface area contributed by atoms with Gasteiger partial charge in [0.05, 0.1) is 30.5 Å². The number of amides is 1. The normalized spacial score (nSPS) is 12.2. The van der Waals surface area contributed by atoms with Crippen molar-refractivity contribution in [3.8, 4) is 5.75 Å². The summed E-state index contributed by atoms with van der Waals surface area (Å²) in [5, 5.41) is 4.25. The van der Waals surface area contributed by atoms with Gasteiger partial charge in [0.1, 0.15) is 12.3 Å². The Labute approximate surface area is 179 Å². The van der Waals surface area contributed by atoms with Gasteiger partial charge in [0.15, 0.2) is 0 Å². The minimum Gasteiger partial charge on any atom is -0.497 e. The first kappa shape index (κ1) is 18.9. The Morgan fingerprint density at radius 3 is 2.77 bits per heavy atom. The van der Waals surface area contributed by atoms with Crippen LogP contribution in [-0.2, 0) is 11.3 Å². The molecule has 0 saturated heterocycles. The van der Waals surface area contributed by atoms with Crippen molar-refractivity contribution in [3.63, 3.8) is 0 Å². The lowest BCUT2D eigenvalue weighted by Crippen LogP contribution is -2.32. The number of hydrogen-bond donors (Lipinski definition) is 2. The molecule has 0 bridgehead atoms. The van der Waals surface area contributed by atoms with Crippen LogP contribution >= 0.6 is 0 Å². The average Bonchev–Trinajstić information content (AvgIpc) is 3.44. The summed E-state index contributed by atoms with van der Waals surface area (Å²) in [5.74, 6) is 0.736. The van der Waals surface area contributed by atoms with Crippen LogP contribution in [0.5, 0.6) is 5.75 Å². The van der Waals surface area contributed by atoms with Crippen molar-refractivity contribution in [1.29, 1.82) is 0 Å². The van der Waals surface area contributed by atoms with Gasteiger partial charge in [-0.1, -0.05) is 36.4 Å². The fourth-order valence-electron chi connectivity index (χ4n) is 3.94. The van der Waals surface area contributed by atoms with Gasteiger partial charge in [0, 0.05) is 17.1 Å². The summed E-state index contributed by atoms with van der Waals surface area (Å²) in [4.78, 5) is 20.5. The van der Waals surface area contributed by atoms with E-state index in [-0.39, 0.29) is 18.5 Å². The van der Waals surface area contributed by atoms with Gasteiger partial charge in [-0.25, -0.2) is 4.98 Å². The van der Waals surface area contributed by atoms with Gasteiger partial charge >= 0.3 is 0 Å². The maximum absolute atomic E-state index is 13.1. The molecular formula is C25H22N4O2. The molecule has 0 aliphatic heterocycles. The number of fused-ring (bicyclic) bond motifs is 2. The minimum absolute atomic E-state index is 0.0631. The summed E-state index contributed by atoms with van der Waals surface area (Å²) < 4.78 is 7.24. The second-order valence-corrected chi connectivity index (χ2v) is 7.46. The molecule has 1 unspecified atom stereocenters. The highest BCUT2D eigenvalue weighted by atomic mass is 16.5. The predicted octanol–water partition coefficient (Wildman–Crippen LogP) is 4.43. The average molecular weight is 410 g/mol. The highest BCUT2D eigenvalue weighted by molar-refractivity contribution is 5.85. The highest BCUT2D eigenvalue weighted by Gasteiger charge is 2.18. The molecule has 31 heavy (non-hydrogen) atoms. The minimum atomic E-state index is -0.261. The summed E-state index contributed by atoms with van der Waals surface area (Å²) in [6.45, 7) is 0.228. The lowest BCUT2D eigenvalue weighted by molar-refractivity contribution is -0.122. The second-order valence-electron chi connectivity index (χ2n) is 7.46. The second kappa shape index (κ2) is 7.99. The van der Waals surface area contributed by atoms with Gasteiger partial charge in [-0.05, 0) is 47.5 Å². The number of methoxy groups -OCH3 is 1. The molecule has 5 rings (SSSR count). The number of aromatic nitrogens is 3. The maximum atomic E-state index is 13.1. The summed E-state index contributed by atoms with van der Waals surface area (Å²) in [6.07, 6.45) is 3.61. The fraction of sp³-hybridized carbons (Fsp3) is 0.120. The summed E-state index contributed by atoms with van der Waals surface area (Å²) in [5.41, 5.74) is 4.86. The number of ether oxygens (including phenoxy) is 1. The lowest BCUT2D eigenvalue weighted by atomic mass is 9.98. The summed E-state index contributed by atoms with van der Waals surface area (Å²) >= 11 is 0. The zero-order valence-electron chi connectivity index (χ0n) is 17.1. The van der Waals surface area contributed by atoms with Crippen LogP contribution in [0.4, 0.5) is 0 Å². The SMILES string of the molecule is COc1ccc2c(ccn2CC(=O)NC(c2ccccc2)c2ccc3nc[nH]c3c2)c1. The fourth-order valence-corrected chi connectivity index (χ4v) is 3.94. The van der Waals surface area contributed by atoms with Crippen molar-refractivity contribution < 1.29 is 9.53 Å². The number of nitrogens with zero attached hydrogens (tertiary/aromatic N) is 2. The predicted molar refractivity (Wildman–Crippen MR) is 121 cm³/mol. The molecule has 6 heteroatoms. The summed E-state index contributed by atoms with van der Waals surface area (Å²) in [6, 6.07) is 23.6. The van der Waals surface area contributed by atoms with E-state index in [0.29, 0.717) is 0 Å². The van der Waals surface area contributed by atoms with E-state index in [9.17, 15) is 4.79 Å². The van der Waals surface area contributed by atoms with Crippen LogP contribution in [0, 0.1) is 0 Å². The number of nitrogens with one attached hydrogen (secondary N) is 2. The van der Waals surface area contributed by atoms with E-state index >= 15 is 0 Å². The van der Waals surface area contributed by atoms with E-state index < -0.39 is 0 Å². The molecule has 1 amide bonds. The standard InChI is InChI=1S/C25H22N4O2/c1-31-20-8-10-23-18(13-20)11-12-29(23)15-24(30)28-25(17-5-3-2-4-6-17)19-7-9-21-22(14-19)27-16-26-21/h2-14,16,25H,15H2,1H3,(H,26,27)(H,28,30). The molecule has 3 aromatic carbocycles. The van der Waals surface area contributed by atoms with Gasteiger partial charge in [0.2, 0.25) is 5.91 Å². The number of rotatable bonds is 6. The van der Waals surface area contributed by atoms with Crippen LogP contribution in [0.15, 0.2) is 85.3 Å². The Kier molecular flexibility index (Phi) is 4.88. The Balaban J connectivity index is 1.43. The van der Waals surface area contributed by atoms with E-state index in [4.69, 9.17) is 4.74 Å². The molecule has 2 N–H and O–H groups in total. The molecular weight excluding hydrogens is 388 g/mol. The highest BCUT2D eigenvalue weighted by Crippen LogP contribution is 2.25. The molecule has 0 saturated carbocycles. The molecule has 0 radical (unpaired) electrons. The Hall–Kier alpha value is -4.06. The zero-order chi connectivity index (χ0) is 21.2. The molecule has 5 aromatic rings. The number of carbonyl (C=O) groups is 1. The Bertz CT molecular complexity index is 1350. The van der Waals surface area contributed by atoms with Crippen molar-refractivity contribution >= 4 is 27.8 Å². The van der Waals surface area contributed by atoms with Crippen LogP contribution in [0.2, 0.25) is 0 Å². The monoisotopic (exact) mass is 410 g/mol. The number of aromatic amines is 1. The molecule has 6 nitrogen and oxygen atoms in total. The zero-order valence-corrected chi connectivity index (χ0v) is 17.1. The lowest BCUT2D eigenvalue weighted by Gasteiger charge is -2.20. The number of imidazole rings is 1. The first-order valence-corrected chi connectivity index (χ1v) is 10.1. The molecule has 0 spiro atoms. The van der Waals surface area contributed by atoms with Crippen LogP contribution in [0.1, 0.15) is 17.2 Å². The third-order valence-corrected chi connectivity index (χ3v) is 5.51. The van der Waals surface area contributed by atoms with E-state index in [1.165, 1.54) is 0 Å². The molecule has 1 atom stereocenters. The maximum Gasteiger partial charge on any atom is 0.240 e. The van der Waals surface area contributed by atoms with Crippen molar-refractivity contribution in [3.05, 3.63) is 96.4 Å². The summed E-state index contributed by atoms with van der Waals surface area (Å²) in [7, 11) is 1.65. The Morgan fingerprint density at radius 2 is 1.94 bits per heavy atom. The van der Waals surface area contributed by atoms with Crippen molar-refractivity contribution in [2.24, 2.45) is 0 Å². The largest absolute Gasteiger partial charge is 0.497 e. The third kappa shape index (κ3) is 3.75. The topological polar surface area (TPSA) is 71.9 Å². The smallest absolute Gasteiger partial charge is 0.240 e.